The molecule has 0 saturated carbocycles. The quantitative estimate of drug-likeness (QED) is 0.458. The SMILES string of the molecule is COCCCN/C=C(/C#N)C(=O)Nc1cccc(C)c1C. The molecule has 0 aliphatic heterocycles. The standard InChI is InChI=1S/C16H21N3O2/c1-12-6-4-7-15(13(12)2)19-16(20)14(10-17)11-18-8-5-9-21-3/h4,6-7,11,18H,5,8-9H2,1-3H3,(H,19,20)/b14-11-. The molecule has 0 radical (unpaired) electrons. The lowest BCUT2D eigenvalue weighted by molar-refractivity contribution is -0.112. The van der Waals surface area contributed by atoms with Crippen molar-refractivity contribution >= 4 is 11.6 Å². The van der Waals surface area contributed by atoms with E-state index in [0.29, 0.717) is 13.2 Å². The normalized spacial score (nSPS) is 10.9. The second kappa shape index (κ2) is 8.77. The number of nitrogens with one attached hydrogen (secondary N) is 2. The molecule has 0 saturated heterocycles. The van der Waals surface area contributed by atoms with Crippen LogP contribution in [0.2, 0.25) is 0 Å². The third-order valence-electron chi connectivity index (χ3n) is 3.13. The Morgan fingerprint density at radius 2 is 2.19 bits per heavy atom. The number of aryl methyl sites for hydroxylation is 1. The summed E-state index contributed by atoms with van der Waals surface area (Å²) < 4.78 is 4.92. The van der Waals surface area contributed by atoms with E-state index in [-0.39, 0.29) is 5.57 Å². The number of rotatable bonds is 7. The predicted octanol–water partition coefficient (Wildman–Crippen LogP) is 2.28. The molecule has 21 heavy (non-hydrogen) atoms. The minimum atomic E-state index is -0.412. The van der Waals surface area contributed by atoms with Crippen molar-refractivity contribution in [2.24, 2.45) is 0 Å². The van der Waals surface area contributed by atoms with Gasteiger partial charge in [0.25, 0.3) is 5.91 Å². The van der Waals surface area contributed by atoms with E-state index in [4.69, 9.17) is 10.00 Å². The number of amides is 1. The van der Waals surface area contributed by atoms with Gasteiger partial charge in [-0.3, -0.25) is 4.79 Å². The number of nitriles is 1. The topological polar surface area (TPSA) is 74.1 Å². The lowest BCUT2D eigenvalue weighted by Crippen LogP contribution is -2.18. The Hall–Kier alpha value is -2.32. The van der Waals surface area contributed by atoms with Crippen LogP contribution in [0.1, 0.15) is 17.5 Å². The van der Waals surface area contributed by atoms with Crippen molar-refractivity contribution in [3.8, 4) is 6.07 Å². The second-order valence-corrected chi connectivity index (χ2v) is 4.67. The molecule has 0 spiro atoms. The van der Waals surface area contributed by atoms with Crippen molar-refractivity contribution in [3.05, 3.63) is 41.1 Å². The molecule has 0 aliphatic carbocycles. The summed E-state index contributed by atoms with van der Waals surface area (Å²) in [7, 11) is 1.63. The molecule has 0 fully saturated rings. The van der Waals surface area contributed by atoms with Gasteiger partial charge in [0.15, 0.2) is 0 Å². The van der Waals surface area contributed by atoms with Crippen molar-refractivity contribution in [1.82, 2.24) is 5.32 Å². The summed E-state index contributed by atoms with van der Waals surface area (Å²) in [6.07, 6.45) is 2.25. The largest absolute Gasteiger partial charge is 0.390 e. The van der Waals surface area contributed by atoms with Crippen LogP contribution >= 0.6 is 0 Å². The molecule has 0 unspecified atom stereocenters. The van der Waals surface area contributed by atoms with Crippen molar-refractivity contribution in [2.75, 3.05) is 25.6 Å². The molecular formula is C16H21N3O2. The van der Waals surface area contributed by atoms with Crippen molar-refractivity contribution in [1.29, 1.82) is 5.26 Å². The van der Waals surface area contributed by atoms with Gasteiger partial charge in [-0.15, -0.1) is 0 Å². The summed E-state index contributed by atoms with van der Waals surface area (Å²) in [6, 6.07) is 7.57. The number of anilines is 1. The highest BCUT2D eigenvalue weighted by Gasteiger charge is 2.10. The maximum absolute atomic E-state index is 12.1. The van der Waals surface area contributed by atoms with Gasteiger partial charge in [0, 0.05) is 32.1 Å². The van der Waals surface area contributed by atoms with E-state index in [2.05, 4.69) is 10.6 Å². The number of carbonyl (C=O) groups is 1. The van der Waals surface area contributed by atoms with Crippen LogP contribution in [0.4, 0.5) is 5.69 Å². The molecule has 1 aromatic rings. The number of carbonyl (C=O) groups excluding carboxylic acids is 1. The van der Waals surface area contributed by atoms with Crippen molar-refractivity contribution in [2.45, 2.75) is 20.3 Å². The van der Waals surface area contributed by atoms with E-state index in [0.717, 1.165) is 23.2 Å². The molecule has 5 nitrogen and oxygen atoms in total. The van der Waals surface area contributed by atoms with Gasteiger partial charge >= 0.3 is 0 Å². The summed E-state index contributed by atoms with van der Waals surface area (Å²) in [5.41, 5.74) is 2.86. The van der Waals surface area contributed by atoms with Gasteiger partial charge in [-0.2, -0.15) is 5.26 Å². The van der Waals surface area contributed by atoms with E-state index in [1.54, 1.807) is 7.11 Å². The molecule has 112 valence electrons. The first-order valence-corrected chi connectivity index (χ1v) is 6.80. The fraction of sp³-hybridized carbons (Fsp3) is 0.375. The van der Waals surface area contributed by atoms with Crippen molar-refractivity contribution in [3.63, 3.8) is 0 Å². The molecule has 0 heterocycles. The van der Waals surface area contributed by atoms with Gasteiger partial charge in [-0.25, -0.2) is 0 Å². The maximum atomic E-state index is 12.1. The van der Waals surface area contributed by atoms with Crippen molar-refractivity contribution < 1.29 is 9.53 Å². The van der Waals surface area contributed by atoms with Crippen LogP contribution in [0.25, 0.3) is 0 Å². The molecule has 1 aromatic carbocycles. The summed E-state index contributed by atoms with van der Waals surface area (Å²) >= 11 is 0. The highest BCUT2D eigenvalue weighted by Crippen LogP contribution is 2.18. The van der Waals surface area contributed by atoms with Crippen LogP contribution in [0.3, 0.4) is 0 Å². The maximum Gasteiger partial charge on any atom is 0.267 e. The van der Waals surface area contributed by atoms with Crippen LogP contribution < -0.4 is 10.6 Å². The predicted molar refractivity (Wildman–Crippen MR) is 82.7 cm³/mol. The smallest absolute Gasteiger partial charge is 0.267 e. The van der Waals surface area contributed by atoms with Crippen LogP contribution in [-0.2, 0) is 9.53 Å². The van der Waals surface area contributed by atoms with Gasteiger partial charge in [0.1, 0.15) is 11.6 Å². The van der Waals surface area contributed by atoms with Gasteiger partial charge in [-0.05, 0) is 37.5 Å². The highest BCUT2D eigenvalue weighted by atomic mass is 16.5. The first-order valence-electron chi connectivity index (χ1n) is 6.80. The van der Waals surface area contributed by atoms with Gasteiger partial charge in [-0.1, -0.05) is 12.1 Å². The number of hydrogen-bond acceptors (Lipinski definition) is 4. The van der Waals surface area contributed by atoms with E-state index in [9.17, 15) is 4.79 Å². The molecular weight excluding hydrogens is 266 g/mol. The number of benzene rings is 1. The van der Waals surface area contributed by atoms with Crippen LogP contribution in [0.5, 0.6) is 0 Å². The molecule has 1 rings (SSSR count). The molecule has 5 heteroatoms. The number of hydrogen-bond donors (Lipinski definition) is 2. The van der Waals surface area contributed by atoms with Crippen LogP contribution in [0.15, 0.2) is 30.0 Å². The Labute approximate surface area is 125 Å². The highest BCUT2D eigenvalue weighted by molar-refractivity contribution is 6.06. The fourth-order valence-electron chi connectivity index (χ4n) is 1.72. The molecule has 0 bridgehead atoms. The fourth-order valence-corrected chi connectivity index (χ4v) is 1.72. The number of methoxy groups -OCH3 is 1. The van der Waals surface area contributed by atoms with E-state index in [1.807, 2.05) is 38.1 Å². The Kier molecular flexibility index (Phi) is 6.99. The summed E-state index contributed by atoms with van der Waals surface area (Å²) in [4.78, 5) is 12.1. The monoisotopic (exact) mass is 287 g/mol. The Balaban J connectivity index is 2.65. The number of ether oxygens (including phenoxy) is 1. The number of nitrogens with zero attached hydrogens (tertiary/aromatic N) is 1. The van der Waals surface area contributed by atoms with Gasteiger partial charge < -0.3 is 15.4 Å². The first-order chi connectivity index (χ1) is 10.1. The zero-order valence-electron chi connectivity index (χ0n) is 12.7. The molecule has 0 atom stereocenters. The third-order valence-corrected chi connectivity index (χ3v) is 3.13. The minimum absolute atomic E-state index is 0.0494. The average Bonchev–Trinajstić information content (AvgIpc) is 2.47. The Bertz CT molecular complexity index is 559. The zero-order valence-corrected chi connectivity index (χ0v) is 12.7. The van der Waals surface area contributed by atoms with Gasteiger partial charge in [0.2, 0.25) is 0 Å². The second-order valence-electron chi connectivity index (χ2n) is 4.67. The Morgan fingerprint density at radius 3 is 2.86 bits per heavy atom. The third kappa shape index (κ3) is 5.28. The van der Waals surface area contributed by atoms with E-state index in [1.165, 1.54) is 6.20 Å². The molecule has 1 amide bonds. The molecule has 0 aromatic heterocycles. The zero-order chi connectivity index (χ0) is 15.7. The van der Waals surface area contributed by atoms with Crippen LogP contribution in [-0.4, -0.2) is 26.2 Å². The van der Waals surface area contributed by atoms with E-state index < -0.39 is 5.91 Å². The first kappa shape index (κ1) is 16.7. The minimum Gasteiger partial charge on any atom is -0.390 e. The summed E-state index contributed by atoms with van der Waals surface area (Å²) in [5.74, 6) is -0.412. The average molecular weight is 287 g/mol. The summed E-state index contributed by atoms with van der Waals surface area (Å²) in [6.45, 7) is 5.19. The lowest BCUT2D eigenvalue weighted by Gasteiger charge is -2.10. The van der Waals surface area contributed by atoms with Gasteiger partial charge in [0.05, 0.1) is 0 Å². The Morgan fingerprint density at radius 1 is 1.43 bits per heavy atom. The molecule has 0 aliphatic rings. The van der Waals surface area contributed by atoms with Crippen LogP contribution in [0, 0.1) is 25.2 Å². The lowest BCUT2D eigenvalue weighted by atomic mass is 10.1. The molecule has 2 N–H and O–H groups in total. The summed E-state index contributed by atoms with van der Waals surface area (Å²) in [5, 5.41) is 14.8. The van der Waals surface area contributed by atoms with E-state index >= 15 is 0 Å².